The van der Waals surface area contributed by atoms with E-state index in [2.05, 4.69) is 26.6 Å². The van der Waals surface area contributed by atoms with Gasteiger partial charge in [-0.05, 0) is 30.3 Å². The zero-order valence-corrected chi connectivity index (χ0v) is 12.4. The number of halogens is 1. The summed E-state index contributed by atoms with van der Waals surface area (Å²) in [5.41, 5.74) is 1.43. The zero-order valence-electron chi connectivity index (χ0n) is 10.8. The van der Waals surface area contributed by atoms with Crippen LogP contribution in [0.1, 0.15) is 20.7 Å². The Kier molecular flexibility index (Phi) is 4.53. The third-order valence-corrected chi connectivity index (χ3v) is 3.23. The average Bonchev–Trinajstić information content (AvgIpc) is 2.47. The number of hydrogen-bond acceptors (Lipinski definition) is 2. The number of benzene rings is 2. The molecule has 0 aliphatic heterocycles. The Bertz CT molecular complexity index is 656. The molecular weight excluding hydrogens is 320 g/mol. The van der Waals surface area contributed by atoms with Crippen LogP contribution in [0.4, 0.5) is 5.69 Å². The highest BCUT2D eigenvalue weighted by Gasteiger charge is 2.12. The van der Waals surface area contributed by atoms with Crippen molar-refractivity contribution in [3.63, 3.8) is 0 Å². The zero-order chi connectivity index (χ0) is 14.5. The highest BCUT2D eigenvalue weighted by atomic mass is 79.9. The van der Waals surface area contributed by atoms with E-state index in [1.807, 2.05) is 6.07 Å². The van der Waals surface area contributed by atoms with Gasteiger partial charge in [0.15, 0.2) is 0 Å². The molecule has 4 nitrogen and oxygen atoms in total. The van der Waals surface area contributed by atoms with Gasteiger partial charge in [0.25, 0.3) is 11.8 Å². The number of para-hydroxylation sites is 1. The minimum absolute atomic E-state index is 0.241. The standard InChI is InChI=1S/C15H13BrN2O2/c1-17-15(20)12-7-2-3-8-13(12)18-14(19)10-5-4-6-11(16)9-10/h2-9H,1H3,(H,17,20)(H,18,19). The molecule has 0 aliphatic rings. The van der Waals surface area contributed by atoms with Gasteiger partial charge in [0.2, 0.25) is 0 Å². The third-order valence-electron chi connectivity index (χ3n) is 2.73. The van der Waals surface area contributed by atoms with Gasteiger partial charge in [-0.2, -0.15) is 0 Å². The maximum Gasteiger partial charge on any atom is 0.255 e. The second kappa shape index (κ2) is 6.34. The molecule has 5 heteroatoms. The lowest BCUT2D eigenvalue weighted by atomic mass is 10.1. The van der Waals surface area contributed by atoms with Crippen molar-refractivity contribution in [2.75, 3.05) is 12.4 Å². The molecule has 2 rings (SSSR count). The summed E-state index contributed by atoms with van der Waals surface area (Å²) in [6.07, 6.45) is 0. The first-order chi connectivity index (χ1) is 9.61. The average molecular weight is 333 g/mol. The number of nitrogens with one attached hydrogen (secondary N) is 2. The quantitative estimate of drug-likeness (QED) is 0.907. The van der Waals surface area contributed by atoms with E-state index >= 15 is 0 Å². The van der Waals surface area contributed by atoms with Crippen molar-refractivity contribution < 1.29 is 9.59 Å². The normalized spacial score (nSPS) is 9.90. The van der Waals surface area contributed by atoms with Crippen LogP contribution in [0.2, 0.25) is 0 Å². The fourth-order valence-electron chi connectivity index (χ4n) is 1.75. The Morgan fingerprint density at radius 2 is 1.75 bits per heavy atom. The Labute approximate surface area is 125 Å². The highest BCUT2D eigenvalue weighted by Crippen LogP contribution is 2.17. The van der Waals surface area contributed by atoms with Gasteiger partial charge < -0.3 is 10.6 Å². The molecule has 0 heterocycles. The van der Waals surface area contributed by atoms with Crippen molar-refractivity contribution in [1.29, 1.82) is 0 Å². The second-order valence-electron chi connectivity index (χ2n) is 4.09. The molecule has 2 aromatic carbocycles. The van der Waals surface area contributed by atoms with E-state index in [-0.39, 0.29) is 11.8 Å². The smallest absolute Gasteiger partial charge is 0.255 e. The number of amides is 2. The molecule has 0 spiro atoms. The van der Waals surface area contributed by atoms with Crippen LogP contribution >= 0.6 is 15.9 Å². The summed E-state index contributed by atoms with van der Waals surface area (Å²) in [5.74, 6) is -0.502. The number of rotatable bonds is 3. The van der Waals surface area contributed by atoms with Crippen LogP contribution in [-0.2, 0) is 0 Å². The van der Waals surface area contributed by atoms with E-state index in [4.69, 9.17) is 0 Å². The van der Waals surface area contributed by atoms with Gasteiger partial charge in [-0.15, -0.1) is 0 Å². The minimum atomic E-state index is -0.261. The molecule has 0 atom stereocenters. The summed E-state index contributed by atoms with van der Waals surface area (Å²) in [5, 5.41) is 5.29. The van der Waals surface area contributed by atoms with Crippen molar-refractivity contribution in [2.24, 2.45) is 0 Å². The predicted octanol–water partition coefficient (Wildman–Crippen LogP) is 3.06. The van der Waals surface area contributed by atoms with E-state index in [1.165, 1.54) is 0 Å². The molecule has 20 heavy (non-hydrogen) atoms. The summed E-state index contributed by atoms with van der Waals surface area (Å²) in [6.45, 7) is 0. The summed E-state index contributed by atoms with van der Waals surface area (Å²) in [4.78, 5) is 23.9. The highest BCUT2D eigenvalue weighted by molar-refractivity contribution is 9.10. The Hall–Kier alpha value is -2.14. The van der Waals surface area contributed by atoms with E-state index in [0.29, 0.717) is 16.8 Å². The summed E-state index contributed by atoms with van der Waals surface area (Å²) >= 11 is 3.32. The Balaban J connectivity index is 2.26. The summed E-state index contributed by atoms with van der Waals surface area (Å²) in [6, 6.07) is 13.9. The lowest BCUT2D eigenvalue weighted by Gasteiger charge is -2.10. The fraction of sp³-hybridized carbons (Fsp3) is 0.0667. The Morgan fingerprint density at radius 3 is 2.45 bits per heavy atom. The van der Waals surface area contributed by atoms with Gasteiger partial charge in [0.1, 0.15) is 0 Å². The largest absolute Gasteiger partial charge is 0.355 e. The van der Waals surface area contributed by atoms with Gasteiger partial charge >= 0.3 is 0 Å². The van der Waals surface area contributed by atoms with Gasteiger partial charge in [0, 0.05) is 17.1 Å². The number of carbonyl (C=O) groups is 2. The molecular formula is C15H13BrN2O2. The summed E-state index contributed by atoms with van der Waals surface area (Å²) < 4.78 is 0.824. The van der Waals surface area contributed by atoms with E-state index in [0.717, 1.165) is 4.47 Å². The van der Waals surface area contributed by atoms with Crippen LogP contribution < -0.4 is 10.6 Å². The van der Waals surface area contributed by atoms with E-state index < -0.39 is 0 Å². The molecule has 2 N–H and O–H groups in total. The molecule has 2 amide bonds. The maximum absolute atomic E-state index is 12.2. The maximum atomic E-state index is 12.2. The first-order valence-corrected chi connectivity index (χ1v) is 6.79. The van der Waals surface area contributed by atoms with Crippen LogP contribution in [0.3, 0.4) is 0 Å². The van der Waals surface area contributed by atoms with Crippen molar-refractivity contribution in [3.8, 4) is 0 Å². The fourth-order valence-corrected chi connectivity index (χ4v) is 2.15. The number of carbonyl (C=O) groups excluding carboxylic acids is 2. The first-order valence-electron chi connectivity index (χ1n) is 6.00. The molecule has 0 unspecified atom stereocenters. The molecule has 0 bridgehead atoms. The molecule has 0 aliphatic carbocycles. The van der Waals surface area contributed by atoms with Crippen LogP contribution in [-0.4, -0.2) is 18.9 Å². The first kappa shape index (κ1) is 14.3. The number of anilines is 1. The van der Waals surface area contributed by atoms with Crippen LogP contribution in [0.15, 0.2) is 53.0 Å². The molecule has 0 saturated carbocycles. The third kappa shape index (κ3) is 3.24. The Morgan fingerprint density at radius 1 is 1.00 bits per heavy atom. The van der Waals surface area contributed by atoms with E-state index in [1.54, 1.807) is 49.5 Å². The van der Waals surface area contributed by atoms with E-state index in [9.17, 15) is 9.59 Å². The minimum Gasteiger partial charge on any atom is -0.355 e. The van der Waals surface area contributed by atoms with Crippen LogP contribution in [0.25, 0.3) is 0 Å². The van der Waals surface area contributed by atoms with Crippen molar-refractivity contribution in [2.45, 2.75) is 0 Å². The van der Waals surface area contributed by atoms with Crippen molar-refractivity contribution in [1.82, 2.24) is 5.32 Å². The summed E-state index contributed by atoms with van der Waals surface area (Å²) in [7, 11) is 1.55. The second-order valence-corrected chi connectivity index (χ2v) is 5.00. The number of hydrogen-bond donors (Lipinski definition) is 2. The van der Waals surface area contributed by atoms with Crippen molar-refractivity contribution in [3.05, 3.63) is 64.1 Å². The van der Waals surface area contributed by atoms with Crippen molar-refractivity contribution >= 4 is 33.4 Å². The molecule has 0 radical (unpaired) electrons. The molecule has 0 saturated heterocycles. The lowest BCUT2D eigenvalue weighted by molar-refractivity contribution is 0.0964. The van der Waals surface area contributed by atoms with Crippen LogP contribution in [0, 0.1) is 0 Å². The van der Waals surface area contributed by atoms with Gasteiger partial charge in [0.05, 0.1) is 11.3 Å². The van der Waals surface area contributed by atoms with Crippen LogP contribution in [0.5, 0.6) is 0 Å². The van der Waals surface area contributed by atoms with Gasteiger partial charge in [-0.3, -0.25) is 9.59 Å². The van der Waals surface area contributed by atoms with Gasteiger partial charge in [-0.1, -0.05) is 34.1 Å². The predicted molar refractivity (Wildman–Crippen MR) is 81.9 cm³/mol. The molecule has 0 fully saturated rings. The SMILES string of the molecule is CNC(=O)c1ccccc1NC(=O)c1cccc(Br)c1. The molecule has 0 aromatic heterocycles. The topological polar surface area (TPSA) is 58.2 Å². The monoisotopic (exact) mass is 332 g/mol. The molecule has 2 aromatic rings. The molecule has 102 valence electrons. The lowest BCUT2D eigenvalue weighted by Crippen LogP contribution is -2.21. The van der Waals surface area contributed by atoms with Gasteiger partial charge in [-0.25, -0.2) is 0 Å².